The molecule has 0 bridgehead atoms. The van der Waals surface area contributed by atoms with Crippen LogP contribution in [0, 0.1) is 0 Å². The summed E-state index contributed by atoms with van der Waals surface area (Å²) in [7, 11) is -2.77. The van der Waals surface area contributed by atoms with Gasteiger partial charge >= 0.3 is 0 Å². The van der Waals surface area contributed by atoms with Crippen LogP contribution < -0.4 is 25.1 Å². The molecular weight excluding hydrogens is 506 g/mol. The van der Waals surface area contributed by atoms with Crippen molar-refractivity contribution >= 4 is 44.8 Å². The third-order valence-electron chi connectivity index (χ3n) is 4.63. The maximum Gasteiger partial charge on any atom is 0.270 e. The largest absolute Gasteiger partial charge is 0.495 e. The summed E-state index contributed by atoms with van der Waals surface area (Å²) in [6.07, 6.45) is 0.952. The predicted molar refractivity (Wildman–Crippen MR) is 125 cm³/mol. The first kappa shape index (κ1) is 23.9. The van der Waals surface area contributed by atoms with Crippen molar-refractivity contribution in [2.45, 2.75) is 14.9 Å². The second kappa shape index (κ2) is 9.95. The number of anilines is 1. The highest BCUT2D eigenvalue weighted by atomic mass is 35.5. The molecule has 1 aliphatic heterocycles. The molecule has 10 nitrogen and oxygen atoms in total. The summed E-state index contributed by atoms with van der Waals surface area (Å²) in [5.74, 6) is 1.02. The SMILES string of the molecule is COc1ccc(S(=O)(=O)c2cnc(SCC(=O)Nc3ccc4c(c3)OCCO4)[nH]c2=O)cc1Cl. The molecule has 2 N–H and O–H groups in total. The summed E-state index contributed by atoms with van der Waals surface area (Å²) in [6.45, 7) is 0.894. The first-order valence-corrected chi connectivity index (χ1v) is 12.6. The van der Waals surface area contributed by atoms with Gasteiger partial charge in [0.2, 0.25) is 15.7 Å². The van der Waals surface area contributed by atoms with Gasteiger partial charge in [-0.25, -0.2) is 13.4 Å². The fraction of sp³-hybridized carbons (Fsp3) is 0.190. The number of amides is 1. The molecule has 0 saturated carbocycles. The monoisotopic (exact) mass is 523 g/mol. The number of benzene rings is 2. The Kier molecular flexibility index (Phi) is 7.00. The van der Waals surface area contributed by atoms with Gasteiger partial charge in [-0.1, -0.05) is 23.4 Å². The Morgan fingerprint density at radius 2 is 1.97 bits per heavy atom. The normalized spacial score (nSPS) is 12.8. The highest BCUT2D eigenvalue weighted by Crippen LogP contribution is 2.33. The Hall–Kier alpha value is -3.22. The lowest BCUT2D eigenvalue weighted by Crippen LogP contribution is -2.20. The van der Waals surface area contributed by atoms with Gasteiger partial charge in [0, 0.05) is 11.8 Å². The summed E-state index contributed by atoms with van der Waals surface area (Å²) in [6, 6.07) is 8.90. The fourth-order valence-corrected chi connectivity index (χ4v) is 5.24. The van der Waals surface area contributed by atoms with Crippen LogP contribution in [0.2, 0.25) is 5.02 Å². The molecule has 13 heteroatoms. The van der Waals surface area contributed by atoms with E-state index >= 15 is 0 Å². The number of aromatic nitrogens is 2. The highest BCUT2D eigenvalue weighted by Gasteiger charge is 2.23. The van der Waals surface area contributed by atoms with E-state index in [9.17, 15) is 18.0 Å². The number of hydrogen-bond donors (Lipinski definition) is 2. The molecule has 0 radical (unpaired) electrons. The zero-order valence-corrected chi connectivity index (χ0v) is 20.1. The van der Waals surface area contributed by atoms with Gasteiger partial charge < -0.3 is 24.5 Å². The van der Waals surface area contributed by atoms with Crippen molar-refractivity contribution in [2.24, 2.45) is 0 Å². The number of methoxy groups -OCH3 is 1. The van der Waals surface area contributed by atoms with Crippen LogP contribution >= 0.6 is 23.4 Å². The zero-order chi connectivity index (χ0) is 24.3. The van der Waals surface area contributed by atoms with Crippen molar-refractivity contribution in [1.29, 1.82) is 0 Å². The minimum atomic E-state index is -4.17. The molecule has 1 aliphatic rings. The third-order valence-corrected chi connectivity index (χ3v) is 7.56. The van der Waals surface area contributed by atoms with E-state index in [4.69, 9.17) is 25.8 Å². The maximum absolute atomic E-state index is 12.8. The van der Waals surface area contributed by atoms with Gasteiger partial charge in [-0.15, -0.1) is 0 Å². The van der Waals surface area contributed by atoms with Crippen molar-refractivity contribution in [3.8, 4) is 17.2 Å². The molecular formula is C21H18ClN3O7S2. The minimum absolute atomic E-state index is 0.0719. The van der Waals surface area contributed by atoms with Gasteiger partial charge in [0.25, 0.3) is 5.56 Å². The number of rotatable bonds is 7. The Balaban J connectivity index is 1.42. The first-order chi connectivity index (χ1) is 16.3. The average molecular weight is 524 g/mol. The van der Waals surface area contributed by atoms with E-state index in [0.29, 0.717) is 36.1 Å². The molecule has 0 atom stereocenters. The number of thioether (sulfide) groups is 1. The van der Waals surface area contributed by atoms with Crippen LogP contribution in [-0.4, -0.2) is 50.4 Å². The number of carbonyl (C=O) groups is 1. The molecule has 2 aromatic carbocycles. The first-order valence-electron chi connectivity index (χ1n) is 9.78. The standard InChI is InChI=1S/C21H18ClN3O7S2/c1-30-15-5-3-13(9-14(15)22)34(28,29)18-10-23-21(25-20(18)27)33-11-19(26)24-12-2-4-16-17(8-12)32-7-6-31-16/h2-5,8-10H,6-7,11H2,1H3,(H,24,26)(H,23,25,27). The van der Waals surface area contributed by atoms with Gasteiger partial charge in [-0.05, 0) is 30.3 Å². The Morgan fingerprint density at radius 3 is 2.68 bits per heavy atom. The van der Waals surface area contributed by atoms with Gasteiger partial charge in [-0.3, -0.25) is 9.59 Å². The summed E-state index contributed by atoms with van der Waals surface area (Å²) < 4.78 is 41.6. The summed E-state index contributed by atoms with van der Waals surface area (Å²) in [5, 5.41) is 2.89. The number of hydrogen-bond acceptors (Lipinski definition) is 9. The number of sulfone groups is 1. The molecule has 34 heavy (non-hydrogen) atoms. The second-order valence-corrected chi connectivity index (χ2v) is 10.2. The molecule has 3 aromatic rings. The molecule has 1 aromatic heterocycles. The molecule has 178 valence electrons. The number of nitrogens with one attached hydrogen (secondary N) is 2. The smallest absolute Gasteiger partial charge is 0.270 e. The van der Waals surface area contributed by atoms with Gasteiger partial charge in [0.15, 0.2) is 21.6 Å². The molecule has 0 unspecified atom stereocenters. The van der Waals surface area contributed by atoms with Crippen LogP contribution in [0.3, 0.4) is 0 Å². The third kappa shape index (κ3) is 5.13. The molecule has 2 heterocycles. The number of ether oxygens (including phenoxy) is 3. The second-order valence-electron chi connectivity index (χ2n) is 6.88. The number of halogens is 1. The van der Waals surface area contributed by atoms with E-state index in [-0.39, 0.29) is 26.7 Å². The van der Waals surface area contributed by atoms with E-state index in [1.54, 1.807) is 18.2 Å². The molecule has 1 amide bonds. The maximum atomic E-state index is 12.8. The van der Waals surface area contributed by atoms with E-state index in [2.05, 4.69) is 15.3 Å². The number of carbonyl (C=O) groups excluding carboxylic acids is 1. The topological polar surface area (TPSA) is 137 Å². The number of aromatic amines is 1. The van der Waals surface area contributed by atoms with Crippen LogP contribution in [0.25, 0.3) is 0 Å². The summed E-state index contributed by atoms with van der Waals surface area (Å²) >= 11 is 6.95. The van der Waals surface area contributed by atoms with E-state index < -0.39 is 20.3 Å². The molecule has 0 aliphatic carbocycles. The number of H-pyrrole nitrogens is 1. The molecule has 0 saturated heterocycles. The summed E-state index contributed by atoms with van der Waals surface area (Å²) in [5.41, 5.74) is -0.340. The van der Waals surface area contributed by atoms with Crippen molar-refractivity contribution in [3.05, 3.63) is 58.0 Å². The molecule has 0 fully saturated rings. The van der Waals surface area contributed by atoms with Gasteiger partial charge in [0.05, 0.1) is 29.0 Å². The zero-order valence-electron chi connectivity index (χ0n) is 17.7. The van der Waals surface area contributed by atoms with Crippen molar-refractivity contribution in [1.82, 2.24) is 9.97 Å². The Bertz CT molecular complexity index is 1410. The number of nitrogens with zero attached hydrogens (tertiary/aromatic N) is 1. The Labute approximate surface area is 203 Å². The Morgan fingerprint density at radius 1 is 1.21 bits per heavy atom. The molecule has 4 rings (SSSR count). The summed E-state index contributed by atoms with van der Waals surface area (Å²) in [4.78, 5) is 30.4. The van der Waals surface area contributed by atoms with Crippen molar-refractivity contribution in [2.75, 3.05) is 31.4 Å². The lowest BCUT2D eigenvalue weighted by atomic mass is 10.2. The van der Waals surface area contributed by atoms with Crippen LogP contribution in [0.4, 0.5) is 5.69 Å². The highest BCUT2D eigenvalue weighted by molar-refractivity contribution is 7.99. The molecule has 0 spiro atoms. The van der Waals surface area contributed by atoms with Crippen LogP contribution in [0.1, 0.15) is 0 Å². The lowest BCUT2D eigenvalue weighted by molar-refractivity contribution is -0.113. The minimum Gasteiger partial charge on any atom is -0.495 e. The van der Waals surface area contributed by atoms with Gasteiger partial charge in [0.1, 0.15) is 19.0 Å². The predicted octanol–water partition coefficient (Wildman–Crippen LogP) is 2.77. The van der Waals surface area contributed by atoms with Crippen LogP contribution in [-0.2, 0) is 14.6 Å². The van der Waals surface area contributed by atoms with Crippen molar-refractivity contribution < 1.29 is 27.4 Å². The van der Waals surface area contributed by atoms with Crippen LogP contribution in [0.15, 0.2) is 62.3 Å². The van der Waals surface area contributed by atoms with E-state index in [1.807, 2.05) is 0 Å². The van der Waals surface area contributed by atoms with Gasteiger partial charge in [-0.2, -0.15) is 0 Å². The fourth-order valence-electron chi connectivity index (χ4n) is 3.02. The van der Waals surface area contributed by atoms with E-state index in [1.165, 1.54) is 25.3 Å². The number of fused-ring (bicyclic) bond motifs is 1. The lowest BCUT2D eigenvalue weighted by Gasteiger charge is -2.18. The van der Waals surface area contributed by atoms with E-state index in [0.717, 1.165) is 18.0 Å². The van der Waals surface area contributed by atoms with Crippen LogP contribution in [0.5, 0.6) is 17.2 Å². The van der Waals surface area contributed by atoms with Crippen molar-refractivity contribution in [3.63, 3.8) is 0 Å². The average Bonchev–Trinajstić information content (AvgIpc) is 2.82. The quantitative estimate of drug-likeness (QED) is 0.353.